The Labute approximate surface area is 197 Å². The molecular weight excluding hydrogens is 465 g/mol. The zero-order valence-electron chi connectivity index (χ0n) is 18.6. The van der Waals surface area contributed by atoms with Crippen LogP contribution in [-0.4, -0.2) is 65.0 Å². The van der Waals surface area contributed by atoms with E-state index in [1.54, 1.807) is 30.3 Å². The zero-order valence-corrected chi connectivity index (χ0v) is 18.6. The highest BCUT2D eigenvalue weighted by atomic mass is 19.2. The summed E-state index contributed by atoms with van der Waals surface area (Å²) < 4.78 is 41.4. The second-order valence-corrected chi connectivity index (χ2v) is 8.32. The molecule has 8 nitrogen and oxygen atoms in total. The number of H-pyrrole nitrogens is 1. The highest BCUT2D eigenvalue weighted by Crippen LogP contribution is 2.26. The summed E-state index contributed by atoms with van der Waals surface area (Å²) in [7, 11) is 1.30. The molecule has 0 saturated carbocycles. The van der Waals surface area contributed by atoms with Crippen LogP contribution in [0.3, 0.4) is 0 Å². The van der Waals surface area contributed by atoms with E-state index < -0.39 is 53.3 Å². The third-order valence-electron chi connectivity index (χ3n) is 5.94. The Morgan fingerprint density at radius 3 is 2.54 bits per heavy atom. The number of likely N-dealkylation sites (N-methyl/N-ethyl adjacent to an activating group) is 1. The normalized spacial score (nSPS) is 17.4. The molecule has 4 rings (SSSR count). The van der Waals surface area contributed by atoms with Gasteiger partial charge >= 0.3 is 0 Å². The maximum Gasteiger partial charge on any atom is 0.270 e. The Balaban J connectivity index is 1.43. The summed E-state index contributed by atoms with van der Waals surface area (Å²) in [4.78, 5) is 54.4. The number of nitrogens with one attached hydrogen (secondary N) is 2. The number of anilines is 1. The SMILES string of the molecule is CN(CC(=O)N1CC(C(=O)Nc2ccccc2)CC1C=O)C(=O)c1cc2c(F)cc(F)c(F)c2[nH]1. The average Bonchev–Trinajstić information content (AvgIpc) is 3.48. The number of rotatable bonds is 6. The molecule has 2 heterocycles. The summed E-state index contributed by atoms with van der Waals surface area (Å²) in [5, 5.41) is 2.44. The first-order chi connectivity index (χ1) is 16.7. The number of aromatic amines is 1. The lowest BCUT2D eigenvalue weighted by Crippen LogP contribution is -2.44. The van der Waals surface area contributed by atoms with Crippen molar-refractivity contribution in [3.8, 4) is 0 Å². The predicted octanol–water partition coefficient (Wildman–Crippen LogP) is 2.71. The molecular formula is C24H21F3N4O4. The van der Waals surface area contributed by atoms with Gasteiger partial charge in [0.05, 0.1) is 24.0 Å². The fourth-order valence-electron chi connectivity index (χ4n) is 4.11. The maximum absolute atomic E-state index is 14.0. The van der Waals surface area contributed by atoms with Crippen LogP contribution >= 0.6 is 0 Å². The van der Waals surface area contributed by atoms with Crippen molar-refractivity contribution in [1.82, 2.24) is 14.8 Å². The second-order valence-electron chi connectivity index (χ2n) is 8.32. The fourth-order valence-corrected chi connectivity index (χ4v) is 4.11. The van der Waals surface area contributed by atoms with Crippen LogP contribution in [0, 0.1) is 23.4 Å². The average molecular weight is 486 g/mol. The standard InChI is InChI=1S/C24H21F3N4O4/c1-30(24(35)19-8-16-17(25)9-18(26)21(27)22(16)29-19)11-20(33)31-10-13(7-15(31)12-32)23(34)28-14-5-3-2-4-6-14/h2-6,8-9,12-13,15,29H,7,10-11H2,1H3,(H,28,34). The minimum Gasteiger partial charge on any atom is -0.348 e. The van der Waals surface area contributed by atoms with Gasteiger partial charge in [0.1, 0.15) is 17.8 Å². The number of carbonyl (C=O) groups excluding carboxylic acids is 4. The Hall–Kier alpha value is -4.15. The molecule has 2 atom stereocenters. The van der Waals surface area contributed by atoms with Crippen LogP contribution in [0.4, 0.5) is 18.9 Å². The van der Waals surface area contributed by atoms with Crippen LogP contribution in [0.15, 0.2) is 42.5 Å². The lowest BCUT2D eigenvalue weighted by molar-refractivity contribution is -0.135. The molecule has 11 heteroatoms. The van der Waals surface area contributed by atoms with Crippen molar-refractivity contribution in [3.05, 3.63) is 65.6 Å². The van der Waals surface area contributed by atoms with Crippen molar-refractivity contribution in [3.63, 3.8) is 0 Å². The third kappa shape index (κ3) is 4.75. The van der Waals surface area contributed by atoms with Crippen LogP contribution in [0.1, 0.15) is 16.9 Å². The van der Waals surface area contributed by atoms with Crippen molar-refractivity contribution in [2.24, 2.45) is 5.92 Å². The van der Waals surface area contributed by atoms with E-state index in [2.05, 4.69) is 10.3 Å². The number of likely N-dealkylation sites (tertiary alicyclic amines) is 1. The summed E-state index contributed by atoms with van der Waals surface area (Å²) in [6, 6.07) is 9.31. The second kappa shape index (κ2) is 9.61. The van der Waals surface area contributed by atoms with Crippen LogP contribution < -0.4 is 5.32 Å². The molecule has 1 aliphatic heterocycles. The molecule has 1 saturated heterocycles. The van der Waals surface area contributed by atoms with E-state index in [-0.39, 0.29) is 30.0 Å². The molecule has 0 aliphatic carbocycles. The molecule has 1 aromatic heterocycles. The molecule has 0 radical (unpaired) electrons. The number of benzene rings is 2. The van der Waals surface area contributed by atoms with Gasteiger partial charge in [0.25, 0.3) is 5.91 Å². The fraction of sp³-hybridized carbons (Fsp3) is 0.250. The molecule has 182 valence electrons. The largest absolute Gasteiger partial charge is 0.348 e. The minimum atomic E-state index is -1.40. The van der Waals surface area contributed by atoms with E-state index in [0.717, 1.165) is 11.0 Å². The lowest BCUT2D eigenvalue weighted by atomic mass is 10.1. The van der Waals surface area contributed by atoms with Crippen LogP contribution in [-0.2, 0) is 14.4 Å². The van der Waals surface area contributed by atoms with Crippen molar-refractivity contribution in [2.75, 3.05) is 25.5 Å². The van der Waals surface area contributed by atoms with Gasteiger partial charge in [0.2, 0.25) is 11.8 Å². The number of hydrogen-bond acceptors (Lipinski definition) is 4. The first-order valence-corrected chi connectivity index (χ1v) is 10.7. The number of carbonyl (C=O) groups is 4. The van der Waals surface area contributed by atoms with E-state index in [0.29, 0.717) is 18.0 Å². The van der Waals surface area contributed by atoms with Gasteiger partial charge in [0.15, 0.2) is 11.6 Å². The molecule has 2 N–H and O–H groups in total. The summed E-state index contributed by atoms with van der Waals surface area (Å²) in [6.07, 6.45) is 0.713. The number of hydrogen-bond donors (Lipinski definition) is 2. The van der Waals surface area contributed by atoms with Gasteiger partial charge in [-0.2, -0.15) is 0 Å². The Kier molecular flexibility index (Phi) is 6.59. The number of aldehydes is 1. The monoisotopic (exact) mass is 486 g/mol. The molecule has 0 bridgehead atoms. The van der Waals surface area contributed by atoms with Gasteiger partial charge in [-0.15, -0.1) is 0 Å². The van der Waals surface area contributed by atoms with Crippen molar-refractivity contribution in [1.29, 1.82) is 0 Å². The number of para-hydroxylation sites is 1. The molecule has 2 aromatic carbocycles. The van der Waals surface area contributed by atoms with E-state index in [4.69, 9.17) is 0 Å². The molecule has 3 amide bonds. The first kappa shape index (κ1) is 24.0. The van der Waals surface area contributed by atoms with Gasteiger partial charge in [-0.1, -0.05) is 18.2 Å². The molecule has 1 fully saturated rings. The predicted molar refractivity (Wildman–Crippen MR) is 120 cm³/mol. The van der Waals surface area contributed by atoms with Gasteiger partial charge < -0.3 is 24.9 Å². The number of amides is 3. The van der Waals surface area contributed by atoms with Crippen molar-refractivity contribution >= 4 is 40.6 Å². The lowest BCUT2D eigenvalue weighted by Gasteiger charge is -2.24. The molecule has 3 aromatic rings. The number of aromatic nitrogens is 1. The molecule has 1 aliphatic rings. The summed E-state index contributed by atoms with van der Waals surface area (Å²) in [5.74, 6) is -6.08. The number of halogens is 3. The van der Waals surface area contributed by atoms with E-state index in [1.165, 1.54) is 11.9 Å². The Morgan fingerprint density at radius 1 is 1.14 bits per heavy atom. The van der Waals surface area contributed by atoms with Crippen LogP contribution in [0.25, 0.3) is 10.9 Å². The highest BCUT2D eigenvalue weighted by molar-refractivity contribution is 6.00. The van der Waals surface area contributed by atoms with Gasteiger partial charge in [-0.25, -0.2) is 13.2 Å². The number of fused-ring (bicyclic) bond motifs is 1. The molecule has 0 spiro atoms. The van der Waals surface area contributed by atoms with Gasteiger partial charge in [-0.3, -0.25) is 14.4 Å². The van der Waals surface area contributed by atoms with E-state index in [1.807, 2.05) is 0 Å². The van der Waals surface area contributed by atoms with Crippen molar-refractivity contribution in [2.45, 2.75) is 12.5 Å². The minimum absolute atomic E-state index is 0.00890. The Morgan fingerprint density at radius 2 is 1.86 bits per heavy atom. The smallest absolute Gasteiger partial charge is 0.270 e. The van der Waals surface area contributed by atoms with E-state index in [9.17, 15) is 32.3 Å². The van der Waals surface area contributed by atoms with Crippen LogP contribution in [0.5, 0.6) is 0 Å². The quantitative estimate of drug-likeness (QED) is 0.413. The van der Waals surface area contributed by atoms with Crippen molar-refractivity contribution < 1.29 is 32.3 Å². The number of nitrogens with zero attached hydrogens (tertiary/aromatic N) is 2. The topological polar surface area (TPSA) is 103 Å². The zero-order chi connectivity index (χ0) is 25.3. The molecule has 2 unspecified atom stereocenters. The Bertz CT molecular complexity index is 1310. The van der Waals surface area contributed by atoms with Gasteiger partial charge in [-0.05, 0) is 24.6 Å². The summed E-state index contributed by atoms with van der Waals surface area (Å²) >= 11 is 0. The summed E-state index contributed by atoms with van der Waals surface area (Å²) in [5.41, 5.74) is -0.160. The maximum atomic E-state index is 14.0. The first-order valence-electron chi connectivity index (χ1n) is 10.7. The third-order valence-corrected chi connectivity index (χ3v) is 5.94. The van der Waals surface area contributed by atoms with E-state index >= 15 is 0 Å². The van der Waals surface area contributed by atoms with Gasteiger partial charge in [0, 0.05) is 30.7 Å². The molecule has 35 heavy (non-hydrogen) atoms. The summed E-state index contributed by atoms with van der Waals surface area (Å²) in [6.45, 7) is -0.462. The van der Waals surface area contributed by atoms with Crippen LogP contribution in [0.2, 0.25) is 0 Å². The highest BCUT2D eigenvalue weighted by Gasteiger charge is 2.39.